The van der Waals surface area contributed by atoms with Gasteiger partial charge in [-0.1, -0.05) is 82.1 Å². The van der Waals surface area contributed by atoms with Crippen LogP contribution < -0.4 is 0 Å². The van der Waals surface area contributed by atoms with Crippen molar-refractivity contribution in [3.05, 3.63) is 0 Å². The molecule has 0 heterocycles. The van der Waals surface area contributed by atoms with E-state index in [4.69, 9.17) is 26.9 Å². The molecule has 0 spiro atoms. The highest BCUT2D eigenvalue weighted by molar-refractivity contribution is 15.0. The highest BCUT2D eigenvalue weighted by Crippen LogP contribution is 1.92. The van der Waals surface area contributed by atoms with Gasteiger partial charge in [-0.3, -0.25) is 14.4 Å². The van der Waals surface area contributed by atoms with E-state index in [1.807, 2.05) is 27.7 Å². The molecule has 3 N–H and O–H groups in total. The van der Waals surface area contributed by atoms with Gasteiger partial charge >= 0.3 is 5.97 Å². The van der Waals surface area contributed by atoms with Crippen LogP contribution in [0.4, 0.5) is 0 Å². The molecule has 0 amide bonds. The molecule has 0 aromatic heterocycles. The lowest BCUT2D eigenvalue weighted by Crippen LogP contribution is -1.99. The fourth-order valence-corrected chi connectivity index (χ4v) is 0.539. The summed E-state index contributed by atoms with van der Waals surface area (Å²) in [6.07, 6.45) is 6.24. The smallest absolute Gasteiger partial charge is 0.303 e. The number of aliphatic carboxylic acids is 1. The first kappa shape index (κ1) is 54.4. The number of hydrogen-bond acceptors (Lipinski definition) is 5. The minimum Gasteiger partial charge on any atom is -0.481 e. The maximum Gasteiger partial charge on any atom is 0.303 e. The number of aliphatic hydroxyl groups is 2. The highest BCUT2D eigenvalue weighted by Gasteiger charge is 1.90. The van der Waals surface area contributed by atoms with Crippen LogP contribution in [0.3, 0.4) is 0 Å². The van der Waals surface area contributed by atoms with Crippen LogP contribution in [0.25, 0.3) is 0 Å². The van der Waals surface area contributed by atoms with Crippen LogP contribution in [0, 0.1) is 0 Å². The molecule has 0 radical (unpaired) electrons. The van der Waals surface area contributed by atoms with Crippen molar-refractivity contribution in [3.63, 3.8) is 0 Å². The molecule has 0 aliphatic heterocycles. The zero-order valence-corrected chi connectivity index (χ0v) is 28.2. The van der Waals surface area contributed by atoms with Crippen molar-refractivity contribution >= 4 is 65.8 Å². The fraction of sp³-hybridized carbons (Fsp3) is 0.875. The molecule has 0 rings (SSSR count). The molecule has 0 aliphatic rings. The van der Waals surface area contributed by atoms with E-state index in [0.717, 1.165) is 12.8 Å². The summed E-state index contributed by atoms with van der Waals surface area (Å²) in [6, 6.07) is 0. The summed E-state index contributed by atoms with van der Waals surface area (Å²) in [7, 11) is 0. The molecule has 0 saturated heterocycles. The van der Waals surface area contributed by atoms with Crippen molar-refractivity contribution in [2.75, 3.05) is 6.61 Å². The Kier molecular flexibility index (Phi) is 115. The Hall–Kier alpha value is 0.480. The van der Waals surface area contributed by atoms with Gasteiger partial charge in [0.15, 0.2) is 0 Å². The summed E-state index contributed by atoms with van der Waals surface area (Å²) >= 11 is 9.06. The third-order valence-corrected chi connectivity index (χ3v) is 2.58. The van der Waals surface area contributed by atoms with Gasteiger partial charge < -0.3 is 15.3 Å². The third kappa shape index (κ3) is 194. The topological polar surface area (TPSA) is 112 Å². The molecule has 0 unspecified atom stereocenters. The first-order chi connectivity index (χ1) is 15.4. The maximum absolute atomic E-state index is 10.2. The Morgan fingerprint density at radius 3 is 0.879 bits per heavy atom. The van der Waals surface area contributed by atoms with Gasteiger partial charge in [-0.15, -0.1) is 0 Å². The zero-order chi connectivity index (χ0) is 28.7. The van der Waals surface area contributed by atoms with Gasteiger partial charge in [-0.05, 0) is 31.4 Å². The average molecular weight is 729 g/mol. The molecule has 0 aromatic carbocycles. The van der Waals surface area contributed by atoms with Crippen molar-refractivity contribution in [1.82, 2.24) is 0 Å². The molecular weight excluding hydrogens is 674 g/mol. The number of halogens is 3. The number of Topliss-reactive ketones (excluding diaryl/α,β-unsaturated/α-hetero) is 1. The van der Waals surface area contributed by atoms with Gasteiger partial charge in [-0.25, -0.2) is 0 Å². The molecule has 6 nitrogen and oxygen atoms in total. The number of rotatable bonds is 6. The first-order valence-electron chi connectivity index (χ1n) is 11.8. The summed E-state index contributed by atoms with van der Waals surface area (Å²) in [5, 5.41) is 23.7. The van der Waals surface area contributed by atoms with E-state index in [0.29, 0.717) is 25.0 Å². The fourth-order valence-electron chi connectivity index (χ4n) is 0.539. The largest absolute Gasteiger partial charge is 0.481 e. The monoisotopic (exact) mass is 728 g/mol. The normalized spacial score (nSPS) is 7.42. The maximum atomic E-state index is 10.2. The van der Waals surface area contributed by atoms with E-state index in [1.165, 1.54) is 12.8 Å². The number of carboxylic acid groups (broad SMARTS) is 1. The van der Waals surface area contributed by atoms with Gasteiger partial charge in [0.05, 0.1) is 6.10 Å². The van der Waals surface area contributed by atoms with E-state index >= 15 is 0 Å². The second kappa shape index (κ2) is 69.8. The van der Waals surface area contributed by atoms with Gasteiger partial charge in [-0.2, -0.15) is 0 Å². The minimum atomic E-state index is -0.745. The van der Waals surface area contributed by atoms with Crippen molar-refractivity contribution in [2.24, 2.45) is 0 Å². The number of aliphatic hydroxyl groups excluding tert-OH is 2. The Bertz CT molecular complexity index is 293. The molecule has 0 aromatic rings. The standard InChI is InChI=1S/C5H12O.C5H10O.C3H5ClO.C3H6O2.2C3H8.C2H6O.I2/c2*1-3-5(6)4-2;2*1-2-3(4)5;2*1-3-2;1-2-3;1-2/h5-6H,3-4H2,1-2H3;3-4H2,1-2H3;2H2,1H3;2H2,1H3,(H,4,5);2*3H2,1-2H3;3H,2H2,1H3;. The molecule has 0 saturated carbocycles. The van der Waals surface area contributed by atoms with Crippen LogP contribution >= 0.6 is 48.8 Å². The lowest BCUT2D eigenvalue weighted by atomic mass is 10.2. The van der Waals surface area contributed by atoms with Gasteiger partial charge in [0.1, 0.15) is 5.78 Å². The van der Waals surface area contributed by atoms with Gasteiger partial charge in [0, 0.05) is 69.5 Å². The predicted molar refractivity (Wildman–Crippen MR) is 164 cm³/mol. The second-order valence-electron chi connectivity index (χ2n) is 5.90. The van der Waals surface area contributed by atoms with Crippen molar-refractivity contribution < 1.29 is 29.7 Å². The quantitative estimate of drug-likeness (QED) is 0.186. The van der Waals surface area contributed by atoms with Crippen LogP contribution in [-0.4, -0.2) is 45.0 Å². The third-order valence-electron chi connectivity index (χ3n) is 2.31. The van der Waals surface area contributed by atoms with E-state index in [-0.39, 0.29) is 24.4 Å². The summed E-state index contributed by atoms with van der Waals surface area (Å²) < 4.78 is 0. The Morgan fingerprint density at radius 1 is 0.697 bits per heavy atom. The lowest BCUT2D eigenvalue weighted by Gasteiger charge is -1.98. The number of carboxylic acids is 1. The minimum absolute atomic E-state index is 0.0648. The Morgan fingerprint density at radius 2 is 0.879 bits per heavy atom. The van der Waals surface area contributed by atoms with Gasteiger partial charge in [0.25, 0.3) is 0 Å². The lowest BCUT2D eigenvalue weighted by molar-refractivity contribution is -0.136. The molecule has 0 bridgehead atoms. The van der Waals surface area contributed by atoms with Crippen LogP contribution in [0.5, 0.6) is 0 Å². The summed E-state index contributed by atoms with van der Waals surface area (Å²) in [5.74, 6) is -0.403. The predicted octanol–water partition coefficient (Wildman–Crippen LogP) is 8.79. The molecule has 208 valence electrons. The van der Waals surface area contributed by atoms with E-state index < -0.39 is 5.97 Å². The molecule has 33 heavy (non-hydrogen) atoms. The van der Waals surface area contributed by atoms with Crippen LogP contribution in [0.15, 0.2) is 0 Å². The van der Waals surface area contributed by atoms with E-state index in [2.05, 4.69) is 64.9 Å². The van der Waals surface area contributed by atoms with Crippen molar-refractivity contribution in [3.8, 4) is 0 Å². The zero-order valence-electron chi connectivity index (χ0n) is 23.1. The number of carbonyl (C=O) groups is 3. The van der Waals surface area contributed by atoms with Crippen LogP contribution in [0.1, 0.15) is 128 Å². The molecule has 0 fully saturated rings. The Balaban J connectivity index is -0.0000000370. The summed E-state index contributed by atoms with van der Waals surface area (Å²) in [6.45, 7) is 21.5. The number of ketones is 1. The highest BCUT2D eigenvalue weighted by atomic mass is 128. The molecule has 9 heteroatoms. The second-order valence-corrected chi connectivity index (χ2v) is 6.32. The van der Waals surface area contributed by atoms with E-state index in [9.17, 15) is 14.4 Å². The van der Waals surface area contributed by atoms with E-state index in [1.54, 1.807) is 20.8 Å². The van der Waals surface area contributed by atoms with Gasteiger partial charge in [0.2, 0.25) is 5.24 Å². The molecular formula is C24H55ClI2O6. The van der Waals surface area contributed by atoms with Crippen molar-refractivity contribution in [2.45, 2.75) is 134 Å². The number of hydrogen-bond donors (Lipinski definition) is 3. The summed E-state index contributed by atoms with van der Waals surface area (Å²) in [5.41, 5.74) is 0. The average Bonchev–Trinajstić information content (AvgIpc) is 2.81. The Labute approximate surface area is 234 Å². The van der Waals surface area contributed by atoms with Crippen molar-refractivity contribution in [1.29, 1.82) is 0 Å². The van der Waals surface area contributed by atoms with Crippen LogP contribution in [0.2, 0.25) is 0 Å². The summed E-state index contributed by atoms with van der Waals surface area (Å²) in [4.78, 5) is 29.1. The first-order valence-corrected chi connectivity index (χ1v) is 18.4. The SMILES string of the molecule is CCC.CCC.CCC(=O)CC.CCC(=O)Cl.CCC(=O)O.CCC(O)CC.CCO.II. The molecule has 0 atom stereocenters. The van der Waals surface area contributed by atoms with Crippen LogP contribution in [-0.2, 0) is 14.4 Å². The molecule has 0 aliphatic carbocycles. The number of carbonyl (C=O) groups excluding carboxylic acids is 2.